The van der Waals surface area contributed by atoms with Crippen molar-refractivity contribution in [3.63, 3.8) is 0 Å². The van der Waals surface area contributed by atoms with Crippen LogP contribution in [-0.2, 0) is 4.79 Å². The molecule has 0 saturated carbocycles. The number of carboxylic acid groups (broad SMARTS) is 1. The van der Waals surface area contributed by atoms with Gasteiger partial charge in [0.2, 0.25) is 0 Å². The van der Waals surface area contributed by atoms with E-state index in [0.29, 0.717) is 19.3 Å². The summed E-state index contributed by atoms with van der Waals surface area (Å²) in [6.07, 6.45) is 16.6. The SMILES string of the molecule is CCCCC[C@@H](O)[C@@H](O)C=CC=CC=CC=C[C@@](C)(O)CCCC(=O)O. The van der Waals surface area contributed by atoms with Crippen molar-refractivity contribution in [1.29, 1.82) is 0 Å². The summed E-state index contributed by atoms with van der Waals surface area (Å²) in [5.74, 6) is -0.860. The number of aliphatic hydroxyl groups excluding tert-OH is 2. The molecule has 0 aliphatic rings. The fraction of sp³-hybridized carbons (Fsp3) is 0.571. The van der Waals surface area contributed by atoms with Crippen LogP contribution in [0, 0.1) is 0 Å². The number of hydrogen-bond donors (Lipinski definition) is 4. The average Bonchev–Trinajstić information content (AvgIpc) is 2.56. The van der Waals surface area contributed by atoms with Crippen LogP contribution >= 0.6 is 0 Å². The molecule has 0 rings (SSSR count). The van der Waals surface area contributed by atoms with Gasteiger partial charge in [-0.05, 0) is 26.2 Å². The van der Waals surface area contributed by atoms with Gasteiger partial charge in [0.25, 0.3) is 0 Å². The molecule has 0 fully saturated rings. The number of rotatable bonds is 14. The number of carbonyl (C=O) groups is 1. The first-order valence-corrected chi connectivity index (χ1v) is 9.28. The van der Waals surface area contributed by atoms with Crippen molar-refractivity contribution in [2.45, 2.75) is 76.6 Å². The molecule has 0 spiro atoms. The van der Waals surface area contributed by atoms with Gasteiger partial charge in [0.05, 0.1) is 17.8 Å². The maximum atomic E-state index is 10.5. The topological polar surface area (TPSA) is 98.0 Å². The molecular weight excluding hydrogens is 332 g/mol. The van der Waals surface area contributed by atoms with E-state index in [-0.39, 0.29) is 6.42 Å². The Morgan fingerprint density at radius 1 is 1.00 bits per heavy atom. The molecule has 148 valence electrons. The van der Waals surface area contributed by atoms with Crippen molar-refractivity contribution < 1.29 is 25.2 Å². The quantitative estimate of drug-likeness (QED) is 0.278. The lowest BCUT2D eigenvalue weighted by Crippen LogP contribution is -2.23. The largest absolute Gasteiger partial charge is 0.481 e. The van der Waals surface area contributed by atoms with Crippen molar-refractivity contribution >= 4 is 5.97 Å². The van der Waals surface area contributed by atoms with Crippen LogP contribution in [0.4, 0.5) is 0 Å². The number of unbranched alkanes of at least 4 members (excludes halogenated alkanes) is 2. The third kappa shape index (κ3) is 14.6. The second-order valence-electron chi connectivity index (χ2n) is 6.67. The Kier molecular flexibility index (Phi) is 13.5. The standard InChI is InChI=1S/C21H34O5/c1-3-4-9-13-18(22)19(23)14-10-7-5-6-8-11-16-21(2,26)17-12-15-20(24)25/h5-8,10-11,14,16,18-19,22-23,26H,3-4,9,12-13,15,17H2,1-2H3,(H,24,25)/t18-,19+,21-/m1/s1. The summed E-state index contributed by atoms with van der Waals surface area (Å²) in [5, 5.41) is 38.2. The molecule has 0 aromatic carbocycles. The summed E-state index contributed by atoms with van der Waals surface area (Å²) in [7, 11) is 0. The number of aliphatic carboxylic acids is 1. The molecular formula is C21H34O5. The van der Waals surface area contributed by atoms with Crippen molar-refractivity contribution in [2.24, 2.45) is 0 Å². The Labute approximate surface area is 157 Å². The van der Waals surface area contributed by atoms with Crippen LogP contribution < -0.4 is 0 Å². The Morgan fingerprint density at radius 2 is 1.62 bits per heavy atom. The fourth-order valence-corrected chi connectivity index (χ4v) is 2.28. The number of allylic oxidation sites excluding steroid dienone is 6. The zero-order valence-electron chi connectivity index (χ0n) is 15.9. The van der Waals surface area contributed by atoms with Crippen molar-refractivity contribution in [2.75, 3.05) is 0 Å². The zero-order valence-corrected chi connectivity index (χ0v) is 15.9. The van der Waals surface area contributed by atoms with E-state index in [0.717, 1.165) is 19.3 Å². The molecule has 5 heteroatoms. The maximum Gasteiger partial charge on any atom is 0.303 e. The second-order valence-corrected chi connectivity index (χ2v) is 6.67. The lowest BCUT2D eigenvalue weighted by atomic mass is 9.98. The molecule has 0 heterocycles. The van der Waals surface area contributed by atoms with Gasteiger partial charge in [-0.2, -0.15) is 0 Å². The lowest BCUT2D eigenvalue weighted by molar-refractivity contribution is -0.137. The van der Waals surface area contributed by atoms with Crippen LogP contribution in [0.5, 0.6) is 0 Å². The summed E-state index contributed by atoms with van der Waals surface area (Å²) >= 11 is 0. The van der Waals surface area contributed by atoms with Crippen LogP contribution in [0.15, 0.2) is 48.6 Å². The number of aliphatic hydroxyl groups is 3. The number of carboxylic acids is 1. The van der Waals surface area contributed by atoms with Crippen molar-refractivity contribution in [3.8, 4) is 0 Å². The molecule has 4 N–H and O–H groups in total. The van der Waals surface area contributed by atoms with Gasteiger partial charge >= 0.3 is 5.97 Å². The van der Waals surface area contributed by atoms with Crippen LogP contribution in [0.3, 0.4) is 0 Å². The minimum absolute atomic E-state index is 0.0497. The highest BCUT2D eigenvalue weighted by molar-refractivity contribution is 5.66. The van der Waals surface area contributed by atoms with E-state index >= 15 is 0 Å². The smallest absolute Gasteiger partial charge is 0.303 e. The molecule has 3 atom stereocenters. The summed E-state index contributed by atoms with van der Waals surface area (Å²) in [6.45, 7) is 3.74. The van der Waals surface area contributed by atoms with E-state index in [2.05, 4.69) is 6.92 Å². The molecule has 26 heavy (non-hydrogen) atoms. The predicted molar refractivity (Wildman–Crippen MR) is 105 cm³/mol. The minimum atomic E-state index is -1.03. The van der Waals surface area contributed by atoms with Crippen molar-refractivity contribution in [1.82, 2.24) is 0 Å². The molecule has 0 aromatic rings. The second kappa shape index (κ2) is 14.5. The Bertz CT molecular complexity index is 489. The summed E-state index contributed by atoms with van der Waals surface area (Å²) in [6, 6.07) is 0. The van der Waals surface area contributed by atoms with E-state index in [4.69, 9.17) is 5.11 Å². The molecule has 5 nitrogen and oxygen atoms in total. The van der Waals surface area contributed by atoms with Gasteiger partial charge in [0.1, 0.15) is 0 Å². The van der Waals surface area contributed by atoms with Gasteiger partial charge in [-0.1, -0.05) is 74.8 Å². The third-order valence-electron chi connectivity index (χ3n) is 3.89. The minimum Gasteiger partial charge on any atom is -0.481 e. The zero-order chi connectivity index (χ0) is 19.8. The van der Waals surface area contributed by atoms with Crippen LogP contribution in [0.25, 0.3) is 0 Å². The van der Waals surface area contributed by atoms with Gasteiger partial charge in [0.15, 0.2) is 0 Å². The predicted octanol–water partition coefficient (Wildman–Crippen LogP) is 3.52. The first-order chi connectivity index (χ1) is 12.3. The van der Waals surface area contributed by atoms with E-state index in [1.807, 2.05) is 0 Å². The molecule has 0 aromatic heterocycles. The van der Waals surface area contributed by atoms with Gasteiger partial charge in [0, 0.05) is 6.42 Å². The number of hydrogen-bond acceptors (Lipinski definition) is 4. The van der Waals surface area contributed by atoms with Crippen molar-refractivity contribution in [3.05, 3.63) is 48.6 Å². The average molecular weight is 366 g/mol. The van der Waals surface area contributed by atoms with E-state index in [9.17, 15) is 20.1 Å². The monoisotopic (exact) mass is 366 g/mol. The highest BCUT2D eigenvalue weighted by Gasteiger charge is 2.15. The fourth-order valence-electron chi connectivity index (χ4n) is 2.28. The third-order valence-corrected chi connectivity index (χ3v) is 3.89. The molecule has 0 radical (unpaired) electrons. The molecule has 0 aliphatic heterocycles. The van der Waals surface area contributed by atoms with Gasteiger partial charge in [-0.3, -0.25) is 4.79 Å². The lowest BCUT2D eigenvalue weighted by Gasteiger charge is -2.17. The molecule has 0 saturated heterocycles. The first-order valence-electron chi connectivity index (χ1n) is 9.28. The van der Waals surface area contributed by atoms with E-state index in [1.165, 1.54) is 0 Å². The Hall–Kier alpha value is -1.69. The molecule has 0 bridgehead atoms. The summed E-state index contributed by atoms with van der Waals surface area (Å²) in [4.78, 5) is 10.5. The first kappa shape index (κ1) is 24.3. The summed E-state index contributed by atoms with van der Waals surface area (Å²) < 4.78 is 0. The molecule has 0 unspecified atom stereocenters. The van der Waals surface area contributed by atoms with Crippen LogP contribution in [-0.4, -0.2) is 44.2 Å². The van der Waals surface area contributed by atoms with Gasteiger partial charge in [-0.25, -0.2) is 0 Å². The van der Waals surface area contributed by atoms with E-state index < -0.39 is 23.8 Å². The molecule has 0 aliphatic carbocycles. The Balaban J connectivity index is 4.13. The normalized spacial score (nSPS) is 17.4. The Morgan fingerprint density at radius 3 is 2.23 bits per heavy atom. The van der Waals surface area contributed by atoms with Crippen LogP contribution in [0.2, 0.25) is 0 Å². The summed E-state index contributed by atoms with van der Waals surface area (Å²) in [5.41, 5.74) is -1.03. The highest BCUT2D eigenvalue weighted by Crippen LogP contribution is 2.15. The molecule has 0 amide bonds. The van der Waals surface area contributed by atoms with E-state index in [1.54, 1.807) is 55.5 Å². The van der Waals surface area contributed by atoms with Gasteiger partial charge < -0.3 is 20.4 Å². The maximum absolute atomic E-state index is 10.5. The highest BCUT2D eigenvalue weighted by atomic mass is 16.4. The van der Waals surface area contributed by atoms with Gasteiger partial charge in [-0.15, -0.1) is 0 Å². The van der Waals surface area contributed by atoms with Crippen LogP contribution in [0.1, 0.15) is 58.8 Å².